The summed E-state index contributed by atoms with van der Waals surface area (Å²) in [5, 5.41) is 3.23. The number of esters is 1. The fourth-order valence-electron chi connectivity index (χ4n) is 2.95. The molecule has 0 spiro atoms. The number of ether oxygens (including phenoxy) is 2. The van der Waals surface area contributed by atoms with Crippen molar-refractivity contribution in [1.82, 2.24) is 5.32 Å². The average molecular weight is 444 g/mol. The molecule has 0 fully saturated rings. The van der Waals surface area contributed by atoms with Crippen LogP contribution in [0.3, 0.4) is 0 Å². The van der Waals surface area contributed by atoms with Gasteiger partial charge >= 0.3 is 11.9 Å². The van der Waals surface area contributed by atoms with E-state index in [0.29, 0.717) is 39.5 Å². The Morgan fingerprint density at radius 2 is 1.97 bits per heavy atom. The highest BCUT2D eigenvalue weighted by molar-refractivity contribution is 6.34. The zero-order valence-corrected chi connectivity index (χ0v) is 18.0. The maximum atomic E-state index is 12.5. The molecule has 7 nitrogen and oxygen atoms in total. The number of amides is 1. The maximum absolute atomic E-state index is 12.5. The van der Waals surface area contributed by atoms with Crippen molar-refractivity contribution in [1.29, 1.82) is 0 Å². The summed E-state index contributed by atoms with van der Waals surface area (Å²) in [6.45, 7) is 4.22. The number of nitrogens with one attached hydrogen (secondary N) is 1. The number of aryl methyl sites for hydroxylation is 1. The minimum atomic E-state index is -0.908. The van der Waals surface area contributed by atoms with Gasteiger partial charge in [0.2, 0.25) is 0 Å². The molecule has 1 N–H and O–H groups in total. The second kappa shape index (κ2) is 10.1. The van der Waals surface area contributed by atoms with Gasteiger partial charge < -0.3 is 19.2 Å². The molecule has 1 aromatic heterocycles. The largest absolute Gasteiger partial charge is 0.493 e. The molecule has 2 aromatic carbocycles. The summed E-state index contributed by atoms with van der Waals surface area (Å²) >= 11 is 6.21. The number of rotatable bonds is 7. The molecule has 0 aliphatic carbocycles. The van der Waals surface area contributed by atoms with Gasteiger partial charge in [0, 0.05) is 12.6 Å². The molecule has 0 aliphatic heterocycles. The summed E-state index contributed by atoms with van der Waals surface area (Å²) in [6.07, 6.45) is 0.464. The Morgan fingerprint density at radius 3 is 2.74 bits per heavy atom. The molecular weight excluding hydrogens is 422 g/mol. The van der Waals surface area contributed by atoms with Crippen LogP contribution < -0.4 is 15.5 Å². The van der Waals surface area contributed by atoms with Crippen LogP contribution >= 0.6 is 11.6 Å². The predicted molar refractivity (Wildman–Crippen MR) is 117 cm³/mol. The number of halogens is 1. The Labute approximate surface area is 183 Å². The van der Waals surface area contributed by atoms with Crippen LogP contribution in [0.25, 0.3) is 22.3 Å². The third kappa shape index (κ3) is 5.44. The molecule has 31 heavy (non-hydrogen) atoms. The summed E-state index contributed by atoms with van der Waals surface area (Å²) in [5.74, 6) is -0.815. The number of carbonyl (C=O) groups is 2. The van der Waals surface area contributed by atoms with Crippen LogP contribution in [0.1, 0.15) is 18.9 Å². The average Bonchev–Trinajstić information content (AvgIpc) is 2.74. The van der Waals surface area contributed by atoms with Gasteiger partial charge in [0.15, 0.2) is 11.0 Å². The fourth-order valence-corrected chi connectivity index (χ4v) is 3.17. The molecule has 162 valence electrons. The van der Waals surface area contributed by atoms with E-state index in [1.165, 1.54) is 6.07 Å². The van der Waals surface area contributed by atoms with E-state index in [1.54, 1.807) is 25.1 Å². The summed E-state index contributed by atoms with van der Waals surface area (Å²) in [5.41, 5.74) is 1.70. The van der Waals surface area contributed by atoms with Gasteiger partial charge in [-0.3, -0.25) is 9.59 Å². The van der Waals surface area contributed by atoms with Crippen molar-refractivity contribution in [3.05, 3.63) is 63.3 Å². The second-order valence-corrected chi connectivity index (χ2v) is 7.18. The maximum Gasteiger partial charge on any atom is 0.396 e. The first-order chi connectivity index (χ1) is 14.9. The molecule has 0 saturated carbocycles. The van der Waals surface area contributed by atoms with Gasteiger partial charge in [0.05, 0.1) is 29.2 Å². The van der Waals surface area contributed by atoms with E-state index in [-0.39, 0.29) is 25.2 Å². The Kier molecular flexibility index (Phi) is 7.31. The van der Waals surface area contributed by atoms with Crippen molar-refractivity contribution in [2.45, 2.75) is 20.3 Å². The standard InChI is InChI=1S/C23H22ClNO6/c1-3-29-23(28)22(27)25-10-5-11-30-19-12-14(2)8-9-16(19)20-13-18(26)15-6-4-7-17(24)21(15)31-20/h4,6-9,12-13H,3,5,10-11H2,1-2H3,(H,25,27). The lowest BCUT2D eigenvalue weighted by atomic mass is 10.1. The minimum absolute atomic E-state index is 0.140. The van der Waals surface area contributed by atoms with Crippen LogP contribution in [0.2, 0.25) is 5.02 Å². The van der Waals surface area contributed by atoms with E-state index < -0.39 is 11.9 Å². The number of hydrogen-bond acceptors (Lipinski definition) is 6. The third-order valence-electron chi connectivity index (χ3n) is 4.43. The lowest BCUT2D eigenvalue weighted by molar-refractivity contribution is -0.154. The Bertz CT molecular complexity index is 1170. The van der Waals surface area contributed by atoms with Crippen molar-refractivity contribution < 1.29 is 23.5 Å². The van der Waals surface area contributed by atoms with Crippen LogP contribution in [0.15, 0.2) is 51.7 Å². The van der Waals surface area contributed by atoms with Gasteiger partial charge in [-0.25, -0.2) is 4.79 Å². The highest BCUT2D eigenvalue weighted by Gasteiger charge is 2.15. The predicted octanol–water partition coefficient (Wildman–Crippen LogP) is 3.87. The van der Waals surface area contributed by atoms with E-state index in [1.807, 2.05) is 25.1 Å². The smallest absolute Gasteiger partial charge is 0.396 e. The van der Waals surface area contributed by atoms with Gasteiger partial charge in [-0.15, -0.1) is 0 Å². The van der Waals surface area contributed by atoms with E-state index >= 15 is 0 Å². The van der Waals surface area contributed by atoms with Crippen molar-refractivity contribution in [3.63, 3.8) is 0 Å². The van der Waals surface area contributed by atoms with Crippen LogP contribution in [0.5, 0.6) is 5.75 Å². The normalized spacial score (nSPS) is 10.7. The molecular formula is C23H22ClNO6. The molecule has 1 heterocycles. The Hall–Kier alpha value is -3.32. The summed E-state index contributed by atoms with van der Waals surface area (Å²) < 4.78 is 16.4. The molecule has 0 saturated heterocycles. The number of para-hydroxylation sites is 1. The number of fused-ring (bicyclic) bond motifs is 1. The van der Waals surface area contributed by atoms with Gasteiger partial charge in [-0.05, 0) is 50.1 Å². The van der Waals surface area contributed by atoms with E-state index in [9.17, 15) is 14.4 Å². The second-order valence-electron chi connectivity index (χ2n) is 6.77. The lowest BCUT2D eigenvalue weighted by Crippen LogP contribution is -2.33. The zero-order valence-electron chi connectivity index (χ0n) is 17.2. The van der Waals surface area contributed by atoms with Crippen molar-refractivity contribution in [2.75, 3.05) is 19.8 Å². The van der Waals surface area contributed by atoms with E-state index in [4.69, 9.17) is 20.8 Å². The molecule has 1 amide bonds. The van der Waals surface area contributed by atoms with Crippen LogP contribution in [-0.2, 0) is 14.3 Å². The first-order valence-corrected chi connectivity index (χ1v) is 10.2. The van der Waals surface area contributed by atoms with Gasteiger partial charge in [0.25, 0.3) is 0 Å². The highest BCUT2D eigenvalue weighted by atomic mass is 35.5. The third-order valence-corrected chi connectivity index (χ3v) is 4.73. The van der Waals surface area contributed by atoms with Crippen molar-refractivity contribution in [3.8, 4) is 17.1 Å². The van der Waals surface area contributed by atoms with Gasteiger partial charge in [-0.1, -0.05) is 23.7 Å². The molecule has 8 heteroatoms. The summed E-state index contributed by atoms with van der Waals surface area (Å²) in [6, 6.07) is 12.0. The Balaban J connectivity index is 1.74. The number of hydrogen-bond donors (Lipinski definition) is 1. The summed E-state index contributed by atoms with van der Waals surface area (Å²) in [4.78, 5) is 35.4. The van der Waals surface area contributed by atoms with Crippen LogP contribution in [-0.4, -0.2) is 31.6 Å². The molecule has 0 aliphatic rings. The molecule has 0 unspecified atom stereocenters. The molecule has 0 atom stereocenters. The number of benzene rings is 2. The quantitative estimate of drug-likeness (QED) is 0.338. The first kappa shape index (κ1) is 22.4. The highest BCUT2D eigenvalue weighted by Crippen LogP contribution is 2.33. The van der Waals surface area contributed by atoms with E-state index in [0.717, 1.165) is 5.56 Å². The SMILES string of the molecule is CCOC(=O)C(=O)NCCCOc1cc(C)ccc1-c1cc(=O)c2cccc(Cl)c2o1. The van der Waals surface area contributed by atoms with E-state index in [2.05, 4.69) is 10.1 Å². The molecule has 0 bridgehead atoms. The van der Waals surface area contributed by atoms with Gasteiger partial charge in [0.1, 0.15) is 11.5 Å². The van der Waals surface area contributed by atoms with Crippen LogP contribution in [0, 0.1) is 6.92 Å². The fraction of sp³-hybridized carbons (Fsp3) is 0.261. The van der Waals surface area contributed by atoms with Crippen molar-refractivity contribution >= 4 is 34.4 Å². The number of carbonyl (C=O) groups excluding carboxylic acids is 2. The summed E-state index contributed by atoms with van der Waals surface area (Å²) in [7, 11) is 0. The van der Waals surface area contributed by atoms with Crippen molar-refractivity contribution in [2.24, 2.45) is 0 Å². The molecule has 0 radical (unpaired) electrons. The minimum Gasteiger partial charge on any atom is -0.493 e. The van der Waals surface area contributed by atoms with Crippen LogP contribution in [0.4, 0.5) is 0 Å². The first-order valence-electron chi connectivity index (χ1n) is 9.82. The zero-order chi connectivity index (χ0) is 22.4. The molecule has 3 rings (SSSR count). The molecule has 3 aromatic rings. The monoisotopic (exact) mass is 443 g/mol. The topological polar surface area (TPSA) is 94.8 Å². The Morgan fingerprint density at radius 1 is 1.16 bits per heavy atom. The lowest BCUT2D eigenvalue weighted by Gasteiger charge is -2.13. The van der Waals surface area contributed by atoms with Gasteiger partial charge in [-0.2, -0.15) is 0 Å².